The Morgan fingerprint density at radius 3 is 2.15 bits per heavy atom. The molecule has 0 spiro atoms. The molecule has 7 heteroatoms. The average molecular weight is 368 g/mol. The number of rotatable bonds is 6. The highest BCUT2D eigenvalue weighted by Crippen LogP contribution is 2.20. The van der Waals surface area contributed by atoms with E-state index < -0.39 is 0 Å². The Bertz CT molecular complexity index is 677. The number of nitrogens with zero attached hydrogens (tertiary/aromatic N) is 6. The minimum absolute atomic E-state index is 0.707. The summed E-state index contributed by atoms with van der Waals surface area (Å²) in [5.74, 6) is 2.45. The predicted molar refractivity (Wildman–Crippen MR) is 107 cm³/mol. The highest BCUT2D eigenvalue weighted by atomic mass is 15.3. The Morgan fingerprint density at radius 1 is 0.815 bits per heavy atom. The standard InChI is InChI=1S/C20H29N7/c1-2-9-26(10-3-1)20-24-15-18(16-25-20)14-21-13-17-5-11-27(12-6-17)19-22-7-4-8-23-19/h4,7-8,15-17,21H,1-3,5-6,9-14H2. The summed E-state index contributed by atoms with van der Waals surface area (Å²) in [6.07, 6.45) is 13.8. The molecule has 2 aliphatic heterocycles. The molecule has 144 valence electrons. The number of anilines is 2. The summed E-state index contributed by atoms with van der Waals surface area (Å²) in [4.78, 5) is 22.4. The molecule has 0 unspecified atom stereocenters. The molecule has 7 nitrogen and oxygen atoms in total. The van der Waals surface area contributed by atoms with Gasteiger partial charge >= 0.3 is 0 Å². The zero-order valence-corrected chi connectivity index (χ0v) is 15.9. The van der Waals surface area contributed by atoms with Gasteiger partial charge in [-0.2, -0.15) is 0 Å². The zero-order valence-electron chi connectivity index (χ0n) is 15.9. The quantitative estimate of drug-likeness (QED) is 0.840. The van der Waals surface area contributed by atoms with Crippen LogP contribution in [0.15, 0.2) is 30.9 Å². The maximum atomic E-state index is 4.57. The van der Waals surface area contributed by atoms with Gasteiger partial charge in [0, 0.05) is 63.1 Å². The lowest BCUT2D eigenvalue weighted by Crippen LogP contribution is -2.38. The summed E-state index contributed by atoms with van der Waals surface area (Å²) < 4.78 is 0. The van der Waals surface area contributed by atoms with Gasteiger partial charge in [-0.15, -0.1) is 0 Å². The summed E-state index contributed by atoms with van der Waals surface area (Å²) in [6, 6.07) is 1.86. The van der Waals surface area contributed by atoms with Crippen molar-refractivity contribution in [1.29, 1.82) is 0 Å². The van der Waals surface area contributed by atoms with Crippen LogP contribution in [0.3, 0.4) is 0 Å². The van der Waals surface area contributed by atoms with E-state index >= 15 is 0 Å². The third kappa shape index (κ3) is 4.91. The minimum Gasteiger partial charge on any atom is -0.341 e. The summed E-state index contributed by atoms with van der Waals surface area (Å²) in [5, 5.41) is 3.58. The van der Waals surface area contributed by atoms with E-state index in [1.54, 1.807) is 0 Å². The van der Waals surface area contributed by atoms with Crippen molar-refractivity contribution in [2.24, 2.45) is 5.92 Å². The molecule has 2 saturated heterocycles. The van der Waals surface area contributed by atoms with Crippen LogP contribution in [0.25, 0.3) is 0 Å². The maximum absolute atomic E-state index is 4.57. The molecule has 0 aliphatic carbocycles. The molecule has 0 aromatic carbocycles. The van der Waals surface area contributed by atoms with Crippen LogP contribution in [0.1, 0.15) is 37.7 Å². The van der Waals surface area contributed by atoms with Crippen molar-refractivity contribution in [3.05, 3.63) is 36.4 Å². The summed E-state index contributed by atoms with van der Waals surface area (Å²) in [7, 11) is 0. The monoisotopic (exact) mass is 367 g/mol. The van der Waals surface area contributed by atoms with Gasteiger partial charge in [-0.25, -0.2) is 19.9 Å². The van der Waals surface area contributed by atoms with Crippen molar-refractivity contribution >= 4 is 11.9 Å². The lowest BCUT2D eigenvalue weighted by atomic mass is 9.97. The number of piperidine rings is 2. The van der Waals surface area contributed by atoms with E-state index in [9.17, 15) is 0 Å². The van der Waals surface area contributed by atoms with Gasteiger partial charge in [-0.05, 0) is 50.6 Å². The van der Waals surface area contributed by atoms with Gasteiger partial charge < -0.3 is 15.1 Å². The lowest BCUT2D eigenvalue weighted by Gasteiger charge is -2.32. The second-order valence-electron chi connectivity index (χ2n) is 7.55. The molecule has 0 amide bonds. The molecular weight excluding hydrogens is 338 g/mol. The van der Waals surface area contributed by atoms with E-state index in [1.807, 2.05) is 30.9 Å². The van der Waals surface area contributed by atoms with E-state index in [0.717, 1.165) is 56.7 Å². The Balaban J connectivity index is 1.18. The Kier molecular flexibility index (Phi) is 6.09. The summed E-state index contributed by atoms with van der Waals surface area (Å²) in [5.41, 5.74) is 1.16. The summed E-state index contributed by atoms with van der Waals surface area (Å²) in [6.45, 7) is 6.11. The molecule has 1 N–H and O–H groups in total. The third-order valence-corrected chi connectivity index (χ3v) is 5.54. The first-order chi connectivity index (χ1) is 13.4. The lowest BCUT2D eigenvalue weighted by molar-refractivity contribution is 0.380. The Labute approximate surface area is 161 Å². The average Bonchev–Trinajstić information content (AvgIpc) is 2.76. The molecule has 4 heterocycles. The van der Waals surface area contributed by atoms with E-state index in [4.69, 9.17) is 0 Å². The molecule has 27 heavy (non-hydrogen) atoms. The SMILES string of the molecule is c1cnc(N2CCC(CNCc3cnc(N4CCCCC4)nc3)CC2)nc1. The van der Waals surface area contributed by atoms with Crippen LogP contribution in [0, 0.1) is 5.92 Å². The van der Waals surface area contributed by atoms with Crippen molar-refractivity contribution in [2.45, 2.75) is 38.6 Å². The normalized spacial score (nSPS) is 18.7. The molecule has 0 bridgehead atoms. The molecule has 2 aliphatic rings. The van der Waals surface area contributed by atoms with E-state index in [1.165, 1.54) is 32.1 Å². The minimum atomic E-state index is 0.707. The molecule has 0 radical (unpaired) electrons. The Morgan fingerprint density at radius 2 is 1.44 bits per heavy atom. The second kappa shape index (κ2) is 9.08. The number of nitrogens with one attached hydrogen (secondary N) is 1. The molecule has 2 aromatic heterocycles. The first-order valence-corrected chi connectivity index (χ1v) is 10.2. The van der Waals surface area contributed by atoms with E-state index in [0.29, 0.717) is 5.92 Å². The largest absolute Gasteiger partial charge is 0.341 e. The molecule has 0 atom stereocenters. The maximum Gasteiger partial charge on any atom is 0.225 e. The van der Waals surface area contributed by atoms with E-state index in [-0.39, 0.29) is 0 Å². The third-order valence-electron chi connectivity index (χ3n) is 5.54. The number of hydrogen-bond acceptors (Lipinski definition) is 7. The van der Waals surface area contributed by atoms with Crippen LogP contribution in [-0.4, -0.2) is 52.7 Å². The van der Waals surface area contributed by atoms with E-state index in [2.05, 4.69) is 35.1 Å². The smallest absolute Gasteiger partial charge is 0.225 e. The van der Waals surface area contributed by atoms with Crippen LogP contribution in [0.4, 0.5) is 11.9 Å². The number of aromatic nitrogens is 4. The van der Waals surface area contributed by atoms with Crippen molar-refractivity contribution in [3.8, 4) is 0 Å². The van der Waals surface area contributed by atoms with Crippen LogP contribution in [-0.2, 0) is 6.54 Å². The van der Waals surface area contributed by atoms with Crippen LogP contribution < -0.4 is 15.1 Å². The van der Waals surface area contributed by atoms with Crippen LogP contribution in [0.5, 0.6) is 0 Å². The highest BCUT2D eigenvalue weighted by Gasteiger charge is 2.20. The van der Waals surface area contributed by atoms with Crippen LogP contribution in [0.2, 0.25) is 0 Å². The zero-order chi connectivity index (χ0) is 18.3. The topological polar surface area (TPSA) is 70.1 Å². The van der Waals surface area contributed by atoms with Crippen LogP contribution >= 0.6 is 0 Å². The van der Waals surface area contributed by atoms with Gasteiger partial charge in [-0.1, -0.05) is 0 Å². The van der Waals surface area contributed by atoms with Gasteiger partial charge in [-0.3, -0.25) is 0 Å². The van der Waals surface area contributed by atoms with Gasteiger partial charge in [0.15, 0.2) is 0 Å². The Hall–Kier alpha value is -2.28. The van der Waals surface area contributed by atoms with Crippen molar-refractivity contribution in [2.75, 3.05) is 42.5 Å². The molecule has 2 fully saturated rings. The van der Waals surface area contributed by atoms with Gasteiger partial charge in [0.2, 0.25) is 11.9 Å². The van der Waals surface area contributed by atoms with Gasteiger partial charge in [0.25, 0.3) is 0 Å². The van der Waals surface area contributed by atoms with Gasteiger partial charge in [0.05, 0.1) is 0 Å². The first-order valence-electron chi connectivity index (χ1n) is 10.2. The fourth-order valence-electron chi connectivity index (χ4n) is 3.91. The van der Waals surface area contributed by atoms with Crippen molar-refractivity contribution < 1.29 is 0 Å². The summed E-state index contributed by atoms with van der Waals surface area (Å²) >= 11 is 0. The van der Waals surface area contributed by atoms with Crippen molar-refractivity contribution in [3.63, 3.8) is 0 Å². The number of hydrogen-bond donors (Lipinski definition) is 1. The van der Waals surface area contributed by atoms with Crippen molar-refractivity contribution in [1.82, 2.24) is 25.3 Å². The first kappa shape index (κ1) is 18.1. The fourth-order valence-corrected chi connectivity index (χ4v) is 3.91. The second-order valence-corrected chi connectivity index (χ2v) is 7.55. The molecule has 0 saturated carbocycles. The fraction of sp³-hybridized carbons (Fsp3) is 0.600. The highest BCUT2D eigenvalue weighted by molar-refractivity contribution is 5.30. The predicted octanol–water partition coefficient (Wildman–Crippen LogP) is 2.26. The molecule has 2 aromatic rings. The molecular formula is C20H29N7. The molecule has 4 rings (SSSR count). The van der Waals surface area contributed by atoms with Gasteiger partial charge in [0.1, 0.15) is 0 Å².